The second-order valence-electron chi connectivity index (χ2n) is 8.66. The maximum absolute atomic E-state index is 13.6. The van der Waals surface area contributed by atoms with E-state index in [1.807, 2.05) is 48.5 Å². The smallest absolute Gasteiger partial charge is 0.241 e. The molecule has 0 radical (unpaired) electrons. The first-order valence-electron chi connectivity index (χ1n) is 11.2. The summed E-state index contributed by atoms with van der Waals surface area (Å²) in [5.74, 6) is 0.146. The average molecular weight is 470 g/mol. The minimum Gasteiger partial charge on any atom is -0.307 e. The molecule has 32 heavy (non-hydrogen) atoms. The van der Waals surface area contributed by atoms with E-state index in [1.165, 1.54) is 4.70 Å². The first-order valence-corrected chi connectivity index (χ1v) is 13.8. The molecule has 2 saturated heterocycles. The van der Waals surface area contributed by atoms with Crippen molar-refractivity contribution in [2.45, 2.75) is 37.8 Å². The number of carbonyl (C=O) groups excluding carboxylic acids is 1. The zero-order chi connectivity index (χ0) is 22.1. The number of benzene rings is 2. The zero-order valence-corrected chi connectivity index (χ0v) is 19.5. The van der Waals surface area contributed by atoms with E-state index in [0.29, 0.717) is 6.42 Å². The van der Waals surface area contributed by atoms with Gasteiger partial charge < -0.3 is 4.90 Å². The van der Waals surface area contributed by atoms with Crippen LogP contribution in [0.4, 0.5) is 5.69 Å². The molecule has 2 aliphatic heterocycles. The third kappa shape index (κ3) is 4.44. The van der Waals surface area contributed by atoms with Crippen molar-refractivity contribution in [3.05, 3.63) is 59.6 Å². The third-order valence-corrected chi connectivity index (χ3v) is 9.31. The Bertz CT molecular complexity index is 1180. The van der Waals surface area contributed by atoms with E-state index >= 15 is 0 Å². The van der Waals surface area contributed by atoms with Gasteiger partial charge in [0.15, 0.2) is 9.84 Å². The highest BCUT2D eigenvalue weighted by atomic mass is 32.2. The molecular formula is C24H27N3O3S2. The van der Waals surface area contributed by atoms with Crippen molar-refractivity contribution in [2.24, 2.45) is 0 Å². The largest absolute Gasteiger partial charge is 0.307 e. The molecule has 5 rings (SSSR count). The van der Waals surface area contributed by atoms with E-state index in [0.717, 1.165) is 42.0 Å². The number of hydrogen-bond donors (Lipinski definition) is 0. The van der Waals surface area contributed by atoms with Crippen LogP contribution in [0, 0.1) is 0 Å². The summed E-state index contributed by atoms with van der Waals surface area (Å²) in [4.78, 5) is 22.5. The number of nitrogens with zero attached hydrogens (tertiary/aromatic N) is 3. The van der Waals surface area contributed by atoms with E-state index in [1.54, 1.807) is 16.2 Å². The number of anilines is 1. The lowest BCUT2D eigenvalue weighted by Gasteiger charge is -2.36. The Balaban J connectivity index is 1.41. The molecule has 2 aromatic carbocycles. The van der Waals surface area contributed by atoms with Crippen molar-refractivity contribution in [3.8, 4) is 0 Å². The number of para-hydroxylation sites is 2. The molecule has 1 aromatic heterocycles. The Labute approximate surface area is 192 Å². The van der Waals surface area contributed by atoms with E-state index in [9.17, 15) is 13.2 Å². The molecular weight excluding hydrogens is 442 g/mol. The molecule has 0 spiro atoms. The number of amides is 1. The topological polar surface area (TPSA) is 70.6 Å². The second-order valence-corrected chi connectivity index (χ2v) is 11.9. The van der Waals surface area contributed by atoms with Crippen molar-refractivity contribution >= 4 is 43.0 Å². The fourth-order valence-electron chi connectivity index (χ4n) is 4.87. The van der Waals surface area contributed by atoms with E-state index in [4.69, 9.17) is 4.98 Å². The van der Waals surface area contributed by atoms with Gasteiger partial charge in [0.2, 0.25) is 5.91 Å². The van der Waals surface area contributed by atoms with Crippen LogP contribution in [0.3, 0.4) is 0 Å². The fraction of sp³-hybridized carbons (Fsp3) is 0.417. The van der Waals surface area contributed by atoms with Gasteiger partial charge in [-0.25, -0.2) is 13.4 Å². The highest BCUT2D eigenvalue weighted by Crippen LogP contribution is 2.36. The van der Waals surface area contributed by atoms with Gasteiger partial charge in [0.1, 0.15) is 5.01 Å². The first-order chi connectivity index (χ1) is 15.5. The van der Waals surface area contributed by atoms with Crippen LogP contribution in [-0.4, -0.2) is 54.8 Å². The van der Waals surface area contributed by atoms with Crippen LogP contribution in [-0.2, 0) is 14.6 Å². The minimum absolute atomic E-state index is 0.0358. The lowest BCUT2D eigenvalue weighted by Crippen LogP contribution is -2.48. The highest BCUT2D eigenvalue weighted by molar-refractivity contribution is 7.91. The number of thiazole rings is 1. The number of fused-ring (bicyclic) bond motifs is 1. The zero-order valence-electron chi connectivity index (χ0n) is 17.9. The molecule has 0 bridgehead atoms. The lowest BCUT2D eigenvalue weighted by atomic mass is 10.0. The molecule has 168 valence electrons. The summed E-state index contributed by atoms with van der Waals surface area (Å²) < 4.78 is 25.5. The molecule has 0 aliphatic carbocycles. The Morgan fingerprint density at radius 2 is 1.84 bits per heavy atom. The minimum atomic E-state index is -3.10. The number of aromatic nitrogens is 1. The Hall–Kier alpha value is -2.29. The molecule has 1 amide bonds. The molecule has 6 nitrogen and oxygen atoms in total. The standard InChI is InChI=1S/C24H27N3O3S2/c28-23(27(18-8-2-1-3-9-18)19-13-15-32(29,30)17-19)16-26-14-7-6-11-21(26)24-25-20-10-4-5-12-22(20)31-24/h1-5,8-10,12,19,21H,6-7,11,13-17H2. The van der Waals surface area contributed by atoms with Gasteiger partial charge in [-0.3, -0.25) is 9.69 Å². The fourth-order valence-corrected chi connectivity index (χ4v) is 7.71. The summed E-state index contributed by atoms with van der Waals surface area (Å²) in [5, 5.41) is 1.06. The summed E-state index contributed by atoms with van der Waals surface area (Å²) in [7, 11) is -3.10. The van der Waals surface area contributed by atoms with Crippen molar-refractivity contribution in [3.63, 3.8) is 0 Å². The summed E-state index contributed by atoms with van der Waals surface area (Å²) >= 11 is 1.71. The van der Waals surface area contributed by atoms with Gasteiger partial charge in [-0.15, -0.1) is 11.3 Å². The third-order valence-electron chi connectivity index (χ3n) is 6.42. The van der Waals surface area contributed by atoms with Crippen molar-refractivity contribution < 1.29 is 13.2 Å². The van der Waals surface area contributed by atoms with Crippen LogP contribution in [0.25, 0.3) is 10.2 Å². The van der Waals surface area contributed by atoms with Crippen LogP contribution in [0.1, 0.15) is 36.7 Å². The quantitative estimate of drug-likeness (QED) is 0.564. The van der Waals surface area contributed by atoms with Gasteiger partial charge in [-0.1, -0.05) is 36.8 Å². The van der Waals surface area contributed by atoms with Crippen molar-refractivity contribution in [1.29, 1.82) is 0 Å². The van der Waals surface area contributed by atoms with Crippen molar-refractivity contribution in [2.75, 3.05) is 29.5 Å². The molecule has 2 fully saturated rings. The van der Waals surface area contributed by atoms with Gasteiger partial charge in [-0.2, -0.15) is 0 Å². The summed E-state index contributed by atoms with van der Waals surface area (Å²) in [6, 6.07) is 17.4. The molecule has 0 N–H and O–H groups in total. The molecule has 0 saturated carbocycles. The number of sulfone groups is 1. The molecule has 8 heteroatoms. The van der Waals surface area contributed by atoms with Crippen LogP contribution in [0.15, 0.2) is 54.6 Å². The molecule has 2 unspecified atom stereocenters. The van der Waals surface area contributed by atoms with Crippen LogP contribution >= 0.6 is 11.3 Å². The molecule has 3 heterocycles. The van der Waals surface area contributed by atoms with Gasteiger partial charge >= 0.3 is 0 Å². The monoisotopic (exact) mass is 469 g/mol. The van der Waals surface area contributed by atoms with Crippen molar-refractivity contribution in [1.82, 2.24) is 9.88 Å². The molecule has 3 aromatic rings. The lowest BCUT2D eigenvalue weighted by molar-refractivity contribution is -0.121. The normalized spacial score (nSPS) is 23.4. The van der Waals surface area contributed by atoms with E-state index in [2.05, 4.69) is 11.0 Å². The highest BCUT2D eigenvalue weighted by Gasteiger charge is 2.37. The number of rotatable bonds is 5. The van der Waals surface area contributed by atoms with Crippen LogP contribution in [0.2, 0.25) is 0 Å². The average Bonchev–Trinajstić information content (AvgIpc) is 3.38. The molecule has 2 aliphatic rings. The first kappa shape index (κ1) is 21.6. The SMILES string of the molecule is O=C(CN1CCCCC1c1nc2ccccc2s1)N(c1ccccc1)C1CCS(=O)(=O)C1. The predicted octanol–water partition coefficient (Wildman–Crippen LogP) is 4.04. The van der Waals surface area contributed by atoms with Gasteiger partial charge in [0.05, 0.1) is 40.4 Å². The van der Waals surface area contributed by atoms with E-state index < -0.39 is 9.84 Å². The van der Waals surface area contributed by atoms with Crippen LogP contribution < -0.4 is 4.90 Å². The Morgan fingerprint density at radius 3 is 2.59 bits per heavy atom. The van der Waals surface area contributed by atoms with Crippen LogP contribution in [0.5, 0.6) is 0 Å². The maximum Gasteiger partial charge on any atom is 0.241 e. The molecule has 2 atom stereocenters. The number of likely N-dealkylation sites (tertiary alicyclic amines) is 1. The summed E-state index contributed by atoms with van der Waals surface area (Å²) in [6.07, 6.45) is 3.65. The summed E-state index contributed by atoms with van der Waals surface area (Å²) in [5.41, 5.74) is 1.78. The van der Waals surface area contributed by atoms with Gasteiger partial charge in [0.25, 0.3) is 0 Å². The maximum atomic E-state index is 13.6. The number of carbonyl (C=O) groups is 1. The Morgan fingerprint density at radius 1 is 1.06 bits per heavy atom. The predicted molar refractivity (Wildman–Crippen MR) is 129 cm³/mol. The Kier molecular flexibility index (Phi) is 6.01. The van der Waals surface area contributed by atoms with E-state index in [-0.39, 0.29) is 36.0 Å². The summed E-state index contributed by atoms with van der Waals surface area (Å²) in [6.45, 7) is 1.12. The number of piperidine rings is 1. The second kappa shape index (κ2) is 8.92. The van der Waals surface area contributed by atoms with Gasteiger partial charge in [0, 0.05) is 5.69 Å². The van der Waals surface area contributed by atoms with Gasteiger partial charge in [-0.05, 0) is 50.1 Å². The number of hydrogen-bond acceptors (Lipinski definition) is 6.